The Labute approximate surface area is 139 Å². The van der Waals surface area contributed by atoms with Gasteiger partial charge < -0.3 is 15.4 Å². The van der Waals surface area contributed by atoms with Gasteiger partial charge in [0.15, 0.2) is 0 Å². The van der Waals surface area contributed by atoms with Gasteiger partial charge in [-0.2, -0.15) is 0 Å². The van der Waals surface area contributed by atoms with Gasteiger partial charge in [0.25, 0.3) is 0 Å². The summed E-state index contributed by atoms with van der Waals surface area (Å²) >= 11 is 0. The van der Waals surface area contributed by atoms with Crippen LogP contribution < -0.4 is 5.73 Å². The highest BCUT2D eigenvalue weighted by atomic mass is 35.5. The number of rotatable bonds is 7. The van der Waals surface area contributed by atoms with Crippen molar-refractivity contribution in [2.24, 2.45) is 5.73 Å². The number of nitrogens with zero attached hydrogens (tertiary/aromatic N) is 1. The third-order valence-corrected chi connectivity index (χ3v) is 3.98. The molecule has 0 bridgehead atoms. The van der Waals surface area contributed by atoms with Crippen molar-refractivity contribution in [2.75, 3.05) is 26.2 Å². The summed E-state index contributed by atoms with van der Waals surface area (Å²) in [5.41, 5.74) is 6.75. The molecule has 0 aromatic heterocycles. The number of hydrogen-bond acceptors (Lipinski definition) is 3. The zero-order valence-electron chi connectivity index (χ0n) is 13.1. The van der Waals surface area contributed by atoms with Crippen LogP contribution in [0.1, 0.15) is 31.2 Å². The van der Waals surface area contributed by atoms with Crippen molar-refractivity contribution in [2.45, 2.75) is 38.2 Å². The van der Waals surface area contributed by atoms with E-state index in [4.69, 9.17) is 10.5 Å². The normalized spacial score (nSPS) is 15.4. The van der Waals surface area contributed by atoms with E-state index in [2.05, 4.69) is 24.3 Å². The predicted molar refractivity (Wildman–Crippen MR) is 91.2 cm³/mol. The van der Waals surface area contributed by atoms with Gasteiger partial charge in [0.2, 0.25) is 5.91 Å². The molecule has 0 spiro atoms. The SMILES string of the molecule is Cl.NCCCC(=O)N1CCC(OCCc2ccccc2)CC1. The number of carbonyl (C=O) groups is 1. The van der Waals surface area contributed by atoms with Gasteiger partial charge >= 0.3 is 0 Å². The molecule has 1 fully saturated rings. The second-order valence-corrected chi connectivity index (χ2v) is 5.58. The average Bonchev–Trinajstić information content (AvgIpc) is 2.54. The van der Waals surface area contributed by atoms with Crippen molar-refractivity contribution in [3.8, 4) is 0 Å². The minimum Gasteiger partial charge on any atom is -0.378 e. The molecular formula is C17H27ClN2O2. The molecule has 0 atom stereocenters. The summed E-state index contributed by atoms with van der Waals surface area (Å²) in [5.74, 6) is 0.239. The minimum atomic E-state index is 0. The first-order valence-corrected chi connectivity index (χ1v) is 7.93. The second kappa shape index (κ2) is 10.6. The third kappa shape index (κ3) is 6.34. The van der Waals surface area contributed by atoms with Crippen molar-refractivity contribution in [3.63, 3.8) is 0 Å². The maximum Gasteiger partial charge on any atom is 0.222 e. The number of hydrogen-bond donors (Lipinski definition) is 1. The quantitative estimate of drug-likeness (QED) is 0.837. The van der Waals surface area contributed by atoms with Crippen LogP contribution in [0.25, 0.3) is 0 Å². The molecule has 1 aliphatic rings. The smallest absolute Gasteiger partial charge is 0.222 e. The van der Waals surface area contributed by atoms with Gasteiger partial charge in [-0.1, -0.05) is 30.3 Å². The van der Waals surface area contributed by atoms with E-state index in [0.717, 1.165) is 45.4 Å². The van der Waals surface area contributed by atoms with Crippen molar-refractivity contribution in [3.05, 3.63) is 35.9 Å². The van der Waals surface area contributed by atoms with Crippen molar-refractivity contribution in [1.82, 2.24) is 4.90 Å². The van der Waals surface area contributed by atoms with Gasteiger partial charge in [0.1, 0.15) is 0 Å². The Morgan fingerprint density at radius 2 is 1.91 bits per heavy atom. The number of likely N-dealkylation sites (tertiary alicyclic amines) is 1. The molecular weight excluding hydrogens is 300 g/mol. The molecule has 2 rings (SSSR count). The predicted octanol–water partition coefficient (Wildman–Crippen LogP) is 2.40. The van der Waals surface area contributed by atoms with E-state index < -0.39 is 0 Å². The first-order chi connectivity index (χ1) is 10.3. The molecule has 0 saturated carbocycles. The van der Waals surface area contributed by atoms with Crippen LogP contribution in [-0.4, -0.2) is 43.2 Å². The van der Waals surface area contributed by atoms with Gasteiger partial charge in [0, 0.05) is 19.5 Å². The number of ether oxygens (including phenoxy) is 1. The molecule has 0 radical (unpaired) electrons. The van der Waals surface area contributed by atoms with Crippen LogP contribution in [-0.2, 0) is 16.0 Å². The van der Waals surface area contributed by atoms with Crippen LogP contribution in [0.15, 0.2) is 30.3 Å². The number of halogens is 1. The van der Waals surface area contributed by atoms with Gasteiger partial charge in [0.05, 0.1) is 12.7 Å². The van der Waals surface area contributed by atoms with Crippen LogP contribution in [0.5, 0.6) is 0 Å². The number of piperidine rings is 1. The lowest BCUT2D eigenvalue weighted by molar-refractivity contribution is -0.133. The molecule has 1 saturated heterocycles. The fraction of sp³-hybridized carbons (Fsp3) is 0.588. The molecule has 0 aliphatic carbocycles. The average molecular weight is 327 g/mol. The molecule has 1 aliphatic heterocycles. The van der Waals surface area contributed by atoms with Crippen LogP contribution in [0.3, 0.4) is 0 Å². The van der Waals surface area contributed by atoms with E-state index in [0.29, 0.717) is 19.1 Å². The van der Waals surface area contributed by atoms with Crippen LogP contribution in [0.4, 0.5) is 0 Å². The van der Waals surface area contributed by atoms with Gasteiger partial charge in [-0.05, 0) is 37.8 Å². The molecule has 0 unspecified atom stereocenters. The number of nitrogens with two attached hydrogens (primary N) is 1. The van der Waals surface area contributed by atoms with Crippen molar-refractivity contribution in [1.29, 1.82) is 0 Å². The second-order valence-electron chi connectivity index (χ2n) is 5.58. The standard InChI is InChI=1S/C17H26N2O2.ClH/c18-11-4-7-17(20)19-12-8-16(9-13-19)21-14-10-15-5-2-1-3-6-15;/h1-3,5-6,16H,4,7-14,18H2;1H. The van der Waals surface area contributed by atoms with Gasteiger partial charge in [-0.3, -0.25) is 4.79 Å². The summed E-state index contributed by atoms with van der Waals surface area (Å²) < 4.78 is 5.94. The van der Waals surface area contributed by atoms with Gasteiger partial charge in [-0.15, -0.1) is 12.4 Å². The van der Waals surface area contributed by atoms with Crippen LogP contribution >= 0.6 is 12.4 Å². The Kier molecular flexibility index (Phi) is 9.13. The van der Waals surface area contributed by atoms with E-state index in [9.17, 15) is 4.79 Å². The first-order valence-electron chi connectivity index (χ1n) is 7.93. The summed E-state index contributed by atoms with van der Waals surface area (Å²) in [6.45, 7) is 2.99. The highest BCUT2D eigenvalue weighted by Crippen LogP contribution is 2.15. The fourth-order valence-electron chi connectivity index (χ4n) is 2.67. The summed E-state index contributed by atoms with van der Waals surface area (Å²) in [6.07, 6.45) is 4.51. The molecule has 4 nitrogen and oxygen atoms in total. The third-order valence-electron chi connectivity index (χ3n) is 3.98. The maximum atomic E-state index is 11.9. The Balaban J connectivity index is 0.00000242. The van der Waals surface area contributed by atoms with E-state index in [1.165, 1.54) is 5.56 Å². The maximum absolute atomic E-state index is 11.9. The molecule has 2 N–H and O–H groups in total. The summed E-state index contributed by atoms with van der Waals surface area (Å²) in [7, 11) is 0. The zero-order valence-corrected chi connectivity index (χ0v) is 13.9. The van der Waals surface area contributed by atoms with E-state index in [1.807, 2.05) is 11.0 Å². The highest BCUT2D eigenvalue weighted by molar-refractivity contribution is 5.85. The summed E-state index contributed by atoms with van der Waals surface area (Å²) in [4.78, 5) is 13.8. The zero-order chi connectivity index (χ0) is 14.9. The molecule has 1 heterocycles. The lowest BCUT2D eigenvalue weighted by Crippen LogP contribution is -2.41. The molecule has 22 heavy (non-hydrogen) atoms. The lowest BCUT2D eigenvalue weighted by atomic mass is 10.1. The minimum absolute atomic E-state index is 0. The van der Waals surface area contributed by atoms with E-state index in [1.54, 1.807) is 0 Å². The number of amides is 1. The van der Waals surface area contributed by atoms with Crippen LogP contribution in [0, 0.1) is 0 Å². The van der Waals surface area contributed by atoms with Crippen LogP contribution in [0.2, 0.25) is 0 Å². The summed E-state index contributed by atoms with van der Waals surface area (Å²) in [6, 6.07) is 10.4. The molecule has 1 amide bonds. The molecule has 1 aromatic rings. The van der Waals surface area contributed by atoms with Gasteiger partial charge in [-0.25, -0.2) is 0 Å². The largest absolute Gasteiger partial charge is 0.378 e. The Morgan fingerprint density at radius 3 is 2.55 bits per heavy atom. The molecule has 1 aromatic carbocycles. The monoisotopic (exact) mass is 326 g/mol. The lowest BCUT2D eigenvalue weighted by Gasteiger charge is -2.32. The fourth-order valence-corrected chi connectivity index (χ4v) is 2.67. The molecule has 5 heteroatoms. The van der Waals surface area contributed by atoms with E-state index >= 15 is 0 Å². The topological polar surface area (TPSA) is 55.6 Å². The first kappa shape index (κ1) is 18.9. The Hall–Kier alpha value is -1.10. The number of benzene rings is 1. The Bertz CT molecular complexity index is 420. The van der Waals surface area contributed by atoms with Crippen molar-refractivity contribution < 1.29 is 9.53 Å². The number of carbonyl (C=O) groups excluding carboxylic acids is 1. The highest BCUT2D eigenvalue weighted by Gasteiger charge is 2.22. The Morgan fingerprint density at radius 1 is 1.23 bits per heavy atom. The van der Waals surface area contributed by atoms with Crippen molar-refractivity contribution >= 4 is 18.3 Å². The van der Waals surface area contributed by atoms with E-state index in [-0.39, 0.29) is 18.3 Å². The molecule has 124 valence electrons. The summed E-state index contributed by atoms with van der Waals surface area (Å²) in [5, 5.41) is 0.